The third kappa shape index (κ3) is 4.43. The molecule has 0 radical (unpaired) electrons. The molecule has 0 unspecified atom stereocenters. The molecule has 0 aliphatic carbocycles. The Morgan fingerprint density at radius 2 is 1.89 bits per heavy atom. The van der Waals surface area contributed by atoms with Crippen LogP contribution in [0.1, 0.15) is 24.0 Å². The molecule has 2 aromatic rings. The molecular formula is C20H22ClFN2O3S. The standard InChI is InChI=1S/C20H22ClFN2O3S/c1-13-10-14(2-4-16(13)17-5-3-15(21)11-18(17)22)12-23-20(19(25)24-26)6-8-28(27)9-7-20/h2-5,10-11,23,26H,6-9,12H2,1H3,(H,24,25). The summed E-state index contributed by atoms with van der Waals surface area (Å²) in [6.07, 6.45) is 0.776. The average Bonchev–Trinajstić information content (AvgIpc) is 2.68. The quantitative estimate of drug-likeness (QED) is 0.508. The Morgan fingerprint density at radius 3 is 2.50 bits per heavy atom. The highest BCUT2D eigenvalue weighted by molar-refractivity contribution is 7.85. The predicted octanol–water partition coefficient (Wildman–Crippen LogP) is 3.33. The fourth-order valence-corrected chi connectivity index (χ4v) is 5.03. The molecule has 8 heteroatoms. The van der Waals surface area contributed by atoms with E-state index in [-0.39, 0.29) is 5.82 Å². The fraction of sp³-hybridized carbons (Fsp3) is 0.350. The number of hydrogen-bond acceptors (Lipinski definition) is 4. The maximum Gasteiger partial charge on any atom is 0.263 e. The van der Waals surface area contributed by atoms with E-state index in [1.165, 1.54) is 6.07 Å². The summed E-state index contributed by atoms with van der Waals surface area (Å²) >= 11 is 5.83. The Bertz CT molecular complexity index is 912. The van der Waals surface area contributed by atoms with Crippen molar-refractivity contribution in [2.45, 2.75) is 31.8 Å². The average molecular weight is 425 g/mol. The Kier molecular flexibility index (Phi) is 6.50. The number of nitrogens with one attached hydrogen (secondary N) is 2. The third-order valence-corrected chi connectivity index (χ3v) is 6.75. The first-order chi connectivity index (χ1) is 13.3. The number of carbonyl (C=O) groups is 1. The number of carbonyl (C=O) groups excluding carboxylic acids is 1. The number of aryl methyl sites for hydroxylation is 1. The van der Waals surface area contributed by atoms with Gasteiger partial charge in [-0.25, -0.2) is 9.87 Å². The highest BCUT2D eigenvalue weighted by Gasteiger charge is 2.40. The molecule has 0 saturated carbocycles. The van der Waals surface area contributed by atoms with E-state index in [4.69, 9.17) is 16.8 Å². The lowest BCUT2D eigenvalue weighted by Gasteiger charge is -2.35. The van der Waals surface area contributed by atoms with Crippen LogP contribution >= 0.6 is 11.6 Å². The van der Waals surface area contributed by atoms with E-state index in [1.54, 1.807) is 17.6 Å². The van der Waals surface area contributed by atoms with Gasteiger partial charge < -0.3 is 0 Å². The molecule has 5 nitrogen and oxygen atoms in total. The zero-order valence-corrected chi connectivity index (χ0v) is 17.0. The van der Waals surface area contributed by atoms with Crippen LogP contribution in [0.15, 0.2) is 36.4 Å². The van der Waals surface area contributed by atoms with Gasteiger partial charge in [-0.2, -0.15) is 0 Å². The number of amides is 1. The molecule has 2 aromatic carbocycles. The Balaban J connectivity index is 1.78. The van der Waals surface area contributed by atoms with E-state index in [0.29, 0.717) is 41.5 Å². The molecule has 1 saturated heterocycles. The smallest absolute Gasteiger partial charge is 0.263 e. The normalized spacial score (nSPS) is 22.1. The zero-order chi connectivity index (χ0) is 20.3. The van der Waals surface area contributed by atoms with Gasteiger partial charge in [0.25, 0.3) is 5.91 Å². The van der Waals surface area contributed by atoms with Crippen molar-refractivity contribution >= 4 is 28.3 Å². The molecule has 0 bridgehead atoms. The van der Waals surface area contributed by atoms with E-state index in [2.05, 4.69) is 5.32 Å². The van der Waals surface area contributed by atoms with Crippen LogP contribution in [0.3, 0.4) is 0 Å². The molecule has 1 aliphatic heterocycles. The first-order valence-electron chi connectivity index (χ1n) is 8.94. The summed E-state index contributed by atoms with van der Waals surface area (Å²) in [5.41, 5.74) is 3.85. The van der Waals surface area contributed by atoms with Crippen LogP contribution in [0.2, 0.25) is 5.02 Å². The Hall–Kier alpha value is -1.80. The first-order valence-corrected chi connectivity index (χ1v) is 10.8. The highest BCUT2D eigenvalue weighted by Crippen LogP contribution is 2.29. The minimum absolute atomic E-state index is 0.348. The lowest BCUT2D eigenvalue weighted by Crippen LogP contribution is -2.59. The third-order valence-electron chi connectivity index (χ3n) is 5.19. The topological polar surface area (TPSA) is 78.4 Å². The monoisotopic (exact) mass is 424 g/mol. The van der Waals surface area contributed by atoms with E-state index >= 15 is 0 Å². The van der Waals surface area contributed by atoms with Gasteiger partial charge >= 0.3 is 0 Å². The van der Waals surface area contributed by atoms with Gasteiger partial charge in [-0.3, -0.25) is 19.5 Å². The second-order valence-electron chi connectivity index (χ2n) is 7.00. The van der Waals surface area contributed by atoms with E-state index in [9.17, 15) is 13.4 Å². The molecule has 1 amide bonds. The largest absolute Gasteiger partial charge is 0.299 e. The molecule has 3 rings (SSSR count). The van der Waals surface area contributed by atoms with E-state index < -0.39 is 22.2 Å². The highest BCUT2D eigenvalue weighted by atomic mass is 35.5. The first kappa shape index (κ1) is 20.9. The summed E-state index contributed by atoms with van der Waals surface area (Å²) in [6.45, 7) is 2.29. The van der Waals surface area contributed by atoms with Crippen LogP contribution in [0.5, 0.6) is 0 Å². The van der Waals surface area contributed by atoms with E-state index in [0.717, 1.165) is 16.7 Å². The van der Waals surface area contributed by atoms with Gasteiger partial charge in [0.2, 0.25) is 0 Å². The Morgan fingerprint density at radius 1 is 1.21 bits per heavy atom. The molecule has 3 N–H and O–H groups in total. The van der Waals surface area contributed by atoms with Crippen LogP contribution in [0, 0.1) is 12.7 Å². The van der Waals surface area contributed by atoms with Crippen LogP contribution in [0.25, 0.3) is 11.1 Å². The maximum atomic E-state index is 14.2. The van der Waals surface area contributed by atoms with Crippen LogP contribution < -0.4 is 10.8 Å². The summed E-state index contributed by atoms with van der Waals surface area (Å²) < 4.78 is 25.9. The van der Waals surface area contributed by atoms with Gasteiger partial charge in [0.15, 0.2) is 0 Å². The lowest BCUT2D eigenvalue weighted by molar-refractivity contribution is -0.136. The van der Waals surface area contributed by atoms with Gasteiger partial charge in [-0.1, -0.05) is 29.8 Å². The zero-order valence-electron chi connectivity index (χ0n) is 15.4. The molecule has 1 aliphatic rings. The van der Waals surface area contributed by atoms with Crippen LogP contribution in [-0.4, -0.2) is 32.4 Å². The number of halogens is 2. The second-order valence-corrected chi connectivity index (χ2v) is 9.13. The van der Waals surface area contributed by atoms with Gasteiger partial charge in [0.05, 0.1) is 0 Å². The molecule has 28 heavy (non-hydrogen) atoms. The van der Waals surface area contributed by atoms with Gasteiger partial charge in [-0.05, 0) is 54.7 Å². The predicted molar refractivity (Wildman–Crippen MR) is 108 cm³/mol. The number of rotatable bonds is 5. The van der Waals surface area contributed by atoms with Gasteiger partial charge in [0.1, 0.15) is 11.4 Å². The van der Waals surface area contributed by atoms with Crippen molar-refractivity contribution in [1.29, 1.82) is 0 Å². The fourth-order valence-electron chi connectivity index (χ4n) is 3.51. The molecule has 1 heterocycles. The second kappa shape index (κ2) is 8.69. The summed E-state index contributed by atoms with van der Waals surface area (Å²) in [5.74, 6) is -0.0707. The maximum absolute atomic E-state index is 14.2. The van der Waals surface area contributed by atoms with Gasteiger partial charge in [-0.15, -0.1) is 0 Å². The molecular weight excluding hydrogens is 403 g/mol. The van der Waals surface area contributed by atoms with Crippen molar-refractivity contribution in [3.63, 3.8) is 0 Å². The van der Waals surface area contributed by atoms with Crippen molar-refractivity contribution < 1.29 is 18.6 Å². The number of benzene rings is 2. The lowest BCUT2D eigenvalue weighted by atomic mass is 9.90. The summed E-state index contributed by atoms with van der Waals surface area (Å²) in [7, 11) is -0.932. The molecule has 150 valence electrons. The van der Waals surface area contributed by atoms with Crippen molar-refractivity contribution in [3.05, 3.63) is 58.4 Å². The van der Waals surface area contributed by atoms with Gasteiger partial charge in [0, 0.05) is 39.4 Å². The molecule has 0 aromatic heterocycles. The SMILES string of the molecule is Cc1cc(CNC2(C(=O)NO)CCS(=O)CC2)ccc1-c1ccc(Cl)cc1F. The summed E-state index contributed by atoms with van der Waals surface area (Å²) in [4.78, 5) is 12.2. The van der Waals surface area contributed by atoms with Crippen LogP contribution in [0.4, 0.5) is 4.39 Å². The van der Waals surface area contributed by atoms with Crippen molar-refractivity contribution in [1.82, 2.24) is 10.8 Å². The van der Waals surface area contributed by atoms with Crippen molar-refractivity contribution in [2.24, 2.45) is 0 Å². The molecule has 0 atom stereocenters. The van der Waals surface area contributed by atoms with Crippen molar-refractivity contribution in [3.8, 4) is 11.1 Å². The number of hydroxylamine groups is 1. The molecule has 1 fully saturated rings. The van der Waals surface area contributed by atoms with Crippen LogP contribution in [-0.2, 0) is 22.1 Å². The van der Waals surface area contributed by atoms with Crippen molar-refractivity contribution in [2.75, 3.05) is 11.5 Å². The minimum Gasteiger partial charge on any atom is -0.299 e. The summed E-state index contributed by atoms with van der Waals surface area (Å²) in [6, 6.07) is 10.2. The minimum atomic E-state index is -0.947. The Labute approximate surface area is 170 Å². The number of hydrogen-bond donors (Lipinski definition) is 3. The molecule has 0 spiro atoms. The summed E-state index contributed by atoms with van der Waals surface area (Å²) in [5, 5.41) is 12.7. The van der Waals surface area contributed by atoms with E-state index in [1.807, 2.05) is 25.1 Å².